The molecule has 0 aliphatic rings. The van der Waals surface area contributed by atoms with Crippen molar-refractivity contribution in [2.75, 3.05) is 13.2 Å². The number of carbonyl (C=O) groups excluding carboxylic acids is 1. The number of nitrogens with two attached hydrogens (primary N) is 1. The Labute approximate surface area is 109 Å². The van der Waals surface area contributed by atoms with Gasteiger partial charge in [-0.2, -0.15) is 0 Å². The molecule has 1 unspecified atom stereocenters. The predicted molar refractivity (Wildman–Crippen MR) is 72.5 cm³/mol. The number of carbonyl (C=O) groups is 1. The Kier molecular flexibility index (Phi) is 6.22. The minimum Gasteiger partial charge on any atom is -0.494 e. The van der Waals surface area contributed by atoms with Gasteiger partial charge in [0, 0.05) is 12.5 Å². The van der Waals surface area contributed by atoms with Gasteiger partial charge in [0.2, 0.25) is 5.91 Å². The number of primary amides is 1. The molecule has 0 heterocycles. The van der Waals surface area contributed by atoms with Gasteiger partial charge in [-0.15, -0.1) is 0 Å². The van der Waals surface area contributed by atoms with Crippen LogP contribution in [0.25, 0.3) is 0 Å². The lowest BCUT2D eigenvalue weighted by molar-refractivity contribution is -0.118. The summed E-state index contributed by atoms with van der Waals surface area (Å²) in [6.07, 6.45) is 1.33. The highest BCUT2D eigenvalue weighted by Crippen LogP contribution is 2.20. The van der Waals surface area contributed by atoms with Crippen LogP contribution in [0, 0.1) is 0 Å². The summed E-state index contributed by atoms with van der Waals surface area (Å²) < 4.78 is 5.39. The molecule has 4 nitrogen and oxygen atoms in total. The zero-order chi connectivity index (χ0) is 13.4. The van der Waals surface area contributed by atoms with Crippen molar-refractivity contribution < 1.29 is 9.53 Å². The molecule has 1 amide bonds. The molecular weight excluding hydrogens is 228 g/mol. The van der Waals surface area contributed by atoms with Crippen LogP contribution in [0.5, 0.6) is 5.75 Å². The lowest BCUT2D eigenvalue weighted by Crippen LogP contribution is -2.27. The van der Waals surface area contributed by atoms with E-state index >= 15 is 0 Å². The quantitative estimate of drug-likeness (QED) is 0.741. The second-order valence-corrected chi connectivity index (χ2v) is 4.18. The minimum absolute atomic E-state index is 0.0156. The first kappa shape index (κ1) is 14.5. The molecule has 100 valence electrons. The third-order valence-electron chi connectivity index (χ3n) is 2.64. The van der Waals surface area contributed by atoms with Crippen LogP contribution in [0.1, 0.15) is 38.3 Å². The average molecular weight is 250 g/mol. The number of amides is 1. The average Bonchev–Trinajstić information content (AvgIpc) is 2.35. The fourth-order valence-electron chi connectivity index (χ4n) is 1.79. The molecule has 18 heavy (non-hydrogen) atoms. The van der Waals surface area contributed by atoms with Crippen molar-refractivity contribution >= 4 is 5.91 Å². The van der Waals surface area contributed by atoms with Gasteiger partial charge in [0.15, 0.2) is 0 Å². The maximum absolute atomic E-state index is 11.1. The van der Waals surface area contributed by atoms with Crippen molar-refractivity contribution in [3.8, 4) is 5.75 Å². The van der Waals surface area contributed by atoms with Crippen LogP contribution >= 0.6 is 0 Å². The van der Waals surface area contributed by atoms with Crippen LogP contribution in [0.4, 0.5) is 0 Å². The van der Waals surface area contributed by atoms with Gasteiger partial charge in [0.25, 0.3) is 0 Å². The van der Waals surface area contributed by atoms with Crippen LogP contribution in [0.3, 0.4) is 0 Å². The molecule has 0 saturated heterocycles. The molecule has 1 aromatic rings. The lowest BCUT2D eigenvalue weighted by atomic mass is 10.0. The van der Waals surface area contributed by atoms with E-state index in [1.807, 2.05) is 31.2 Å². The van der Waals surface area contributed by atoms with E-state index in [0.717, 1.165) is 24.3 Å². The molecule has 3 N–H and O–H groups in total. The van der Waals surface area contributed by atoms with Crippen LogP contribution in [0.2, 0.25) is 0 Å². The summed E-state index contributed by atoms with van der Waals surface area (Å²) in [6.45, 7) is 5.56. The highest BCUT2D eigenvalue weighted by atomic mass is 16.5. The maximum Gasteiger partial charge on any atom is 0.219 e. The fraction of sp³-hybridized carbons (Fsp3) is 0.500. The molecule has 0 aromatic heterocycles. The highest BCUT2D eigenvalue weighted by molar-refractivity contribution is 5.74. The van der Waals surface area contributed by atoms with Crippen molar-refractivity contribution in [2.45, 2.75) is 32.7 Å². The summed E-state index contributed by atoms with van der Waals surface area (Å²) in [6, 6.07) is 7.77. The number of hydrogen-bond donors (Lipinski definition) is 2. The molecule has 1 rings (SSSR count). The van der Waals surface area contributed by atoms with Gasteiger partial charge in [-0.3, -0.25) is 4.79 Å². The van der Waals surface area contributed by atoms with Crippen LogP contribution in [-0.2, 0) is 4.79 Å². The van der Waals surface area contributed by atoms with E-state index in [2.05, 4.69) is 12.2 Å². The summed E-state index contributed by atoms with van der Waals surface area (Å²) in [4.78, 5) is 11.1. The summed E-state index contributed by atoms with van der Waals surface area (Å²) in [7, 11) is 0. The third kappa shape index (κ3) is 4.75. The highest BCUT2D eigenvalue weighted by Gasteiger charge is 2.13. The molecule has 4 heteroatoms. The van der Waals surface area contributed by atoms with Crippen molar-refractivity contribution in [3.63, 3.8) is 0 Å². The molecule has 1 aromatic carbocycles. The van der Waals surface area contributed by atoms with Crippen molar-refractivity contribution in [3.05, 3.63) is 29.8 Å². The molecule has 0 bridgehead atoms. The smallest absolute Gasteiger partial charge is 0.219 e. The molecule has 0 saturated carbocycles. The van der Waals surface area contributed by atoms with Gasteiger partial charge in [-0.1, -0.05) is 19.1 Å². The van der Waals surface area contributed by atoms with E-state index < -0.39 is 0 Å². The number of hydrogen-bond acceptors (Lipinski definition) is 3. The largest absolute Gasteiger partial charge is 0.494 e. The number of ether oxygens (including phenoxy) is 1. The third-order valence-corrected chi connectivity index (χ3v) is 2.64. The standard InChI is InChI=1S/C14H22N2O2/c1-3-9-16-13(10-14(15)17)11-5-7-12(8-6-11)18-4-2/h5-8,13,16H,3-4,9-10H2,1-2H3,(H2,15,17). The molecule has 0 spiro atoms. The summed E-state index contributed by atoms with van der Waals surface area (Å²) in [5.41, 5.74) is 6.34. The molecule has 0 aliphatic carbocycles. The lowest BCUT2D eigenvalue weighted by Gasteiger charge is -2.17. The Hall–Kier alpha value is -1.55. The minimum atomic E-state index is -0.294. The predicted octanol–water partition coefficient (Wildman–Crippen LogP) is 2.00. The Morgan fingerprint density at radius 3 is 2.50 bits per heavy atom. The van der Waals surface area contributed by atoms with Crippen molar-refractivity contribution in [1.29, 1.82) is 0 Å². The summed E-state index contributed by atoms with van der Waals surface area (Å²) in [5, 5.41) is 3.33. The zero-order valence-corrected chi connectivity index (χ0v) is 11.1. The first-order valence-corrected chi connectivity index (χ1v) is 6.41. The SMILES string of the molecule is CCCNC(CC(N)=O)c1ccc(OCC)cc1. The Bertz CT molecular complexity index is 363. The molecule has 0 fully saturated rings. The van der Waals surface area contributed by atoms with E-state index in [1.54, 1.807) is 0 Å². The van der Waals surface area contributed by atoms with Gasteiger partial charge < -0.3 is 15.8 Å². The van der Waals surface area contributed by atoms with E-state index in [9.17, 15) is 4.79 Å². The Morgan fingerprint density at radius 2 is 2.00 bits per heavy atom. The van der Waals surface area contributed by atoms with E-state index in [1.165, 1.54) is 0 Å². The second-order valence-electron chi connectivity index (χ2n) is 4.18. The maximum atomic E-state index is 11.1. The van der Waals surface area contributed by atoms with Crippen molar-refractivity contribution in [2.24, 2.45) is 5.73 Å². The van der Waals surface area contributed by atoms with Crippen LogP contribution < -0.4 is 15.8 Å². The molecule has 0 aliphatic heterocycles. The fourth-order valence-corrected chi connectivity index (χ4v) is 1.79. The first-order valence-electron chi connectivity index (χ1n) is 6.41. The monoisotopic (exact) mass is 250 g/mol. The Morgan fingerprint density at radius 1 is 1.33 bits per heavy atom. The number of rotatable bonds is 8. The molecule has 0 radical (unpaired) electrons. The molecular formula is C14H22N2O2. The summed E-state index contributed by atoms with van der Waals surface area (Å²) >= 11 is 0. The van der Waals surface area contributed by atoms with Crippen LogP contribution in [0.15, 0.2) is 24.3 Å². The number of benzene rings is 1. The first-order chi connectivity index (χ1) is 8.67. The normalized spacial score (nSPS) is 12.1. The van der Waals surface area contributed by atoms with Crippen LogP contribution in [-0.4, -0.2) is 19.1 Å². The van der Waals surface area contributed by atoms with E-state index in [-0.39, 0.29) is 11.9 Å². The Balaban J connectivity index is 2.73. The summed E-state index contributed by atoms with van der Waals surface area (Å²) in [5.74, 6) is 0.548. The topological polar surface area (TPSA) is 64.3 Å². The van der Waals surface area contributed by atoms with E-state index in [4.69, 9.17) is 10.5 Å². The van der Waals surface area contributed by atoms with Gasteiger partial charge in [0.05, 0.1) is 6.61 Å². The number of nitrogens with one attached hydrogen (secondary N) is 1. The van der Waals surface area contributed by atoms with Gasteiger partial charge in [-0.25, -0.2) is 0 Å². The second kappa shape index (κ2) is 7.71. The van der Waals surface area contributed by atoms with E-state index in [0.29, 0.717) is 13.0 Å². The van der Waals surface area contributed by atoms with Gasteiger partial charge in [0.1, 0.15) is 5.75 Å². The van der Waals surface area contributed by atoms with Gasteiger partial charge >= 0.3 is 0 Å². The van der Waals surface area contributed by atoms with Crippen molar-refractivity contribution in [1.82, 2.24) is 5.32 Å². The molecule has 1 atom stereocenters. The zero-order valence-electron chi connectivity index (χ0n) is 11.1. The van der Waals surface area contributed by atoms with Gasteiger partial charge in [-0.05, 0) is 37.6 Å².